The van der Waals surface area contributed by atoms with Gasteiger partial charge in [0.2, 0.25) is 5.91 Å². The monoisotopic (exact) mass is 442 g/mol. The van der Waals surface area contributed by atoms with Gasteiger partial charge in [-0.1, -0.05) is 26.7 Å². The highest BCUT2D eigenvalue weighted by molar-refractivity contribution is 7.71. The Hall–Kier alpha value is -2.61. The minimum absolute atomic E-state index is 0.0488. The van der Waals surface area contributed by atoms with E-state index in [0.29, 0.717) is 52.8 Å². The van der Waals surface area contributed by atoms with Gasteiger partial charge in [-0.3, -0.25) is 14.2 Å². The van der Waals surface area contributed by atoms with E-state index in [0.717, 1.165) is 23.7 Å². The number of nitrogens with one attached hydrogen (secondary N) is 3. The molecule has 2 aromatic heterocycles. The summed E-state index contributed by atoms with van der Waals surface area (Å²) in [6, 6.07) is 5.85. The normalized spacial score (nSPS) is 21.5. The van der Waals surface area contributed by atoms with Gasteiger partial charge in [0, 0.05) is 29.9 Å². The lowest BCUT2D eigenvalue weighted by atomic mass is 9.78. The Labute approximate surface area is 186 Å². The van der Waals surface area contributed by atoms with Crippen LogP contribution in [0.2, 0.25) is 0 Å². The van der Waals surface area contributed by atoms with Gasteiger partial charge in [0.05, 0.1) is 12.6 Å². The number of nitrogens with zero attached hydrogens (tertiary/aromatic N) is 1. The largest absolute Gasteiger partial charge is 0.497 e. The van der Waals surface area contributed by atoms with Gasteiger partial charge in [0.1, 0.15) is 11.3 Å². The van der Waals surface area contributed by atoms with Crippen LogP contribution in [0.25, 0.3) is 21.9 Å². The Kier molecular flexibility index (Phi) is 6.18. The molecule has 0 aliphatic heterocycles. The minimum Gasteiger partial charge on any atom is -0.497 e. The molecule has 4 rings (SSSR count). The molecule has 8 heteroatoms. The maximum atomic E-state index is 13.1. The molecule has 3 aromatic rings. The highest BCUT2D eigenvalue weighted by Gasteiger charge is 2.27. The molecule has 3 atom stereocenters. The molecule has 0 spiro atoms. The zero-order chi connectivity index (χ0) is 22.1. The third kappa shape index (κ3) is 4.26. The summed E-state index contributed by atoms with van der Waals surface area (Å²) in [5.74, 6) is 1.90. The fourth-order valence-corrected chi connectivity index (χ4v) is 4.93. The van der Waals surface area contributed by atoms with Gasteiger partial charge in [0.15, 0.2) is 4.77 Å². The van der Waals surface area contributed by atoms with Gasteiger partial charge in [-0.2, -0.15) is 0 Å². The zero-order valence-electron chi connectivity index (χ0n) is 18.3. The van der Waals surface area contributed by atoms with Crippen molar-refractivity contribution in [2.45, 2.75) is 58.5 Å². The molecule has 7 nitrogen and oxygen atoms in total. The Morgan fingerprint density at radius 2 is 2.06 bits per heavy atom. The van der Waals surface area contributed by atoms with Crippen molar-refractivity contribution in [2.24, 2.45) is 11.8 Å². The number of carbonyl (C=O) groups excluding carboxylic acids is 1. The molecular weight excluding hydrogens is 412 g/mol. The molecule has 0 unspecified atom stereocenters. The topological polar surface area (TPSA) is 91.9 Å². The molecule has 1 amide bonds. The molecule has 166 valence electrons. The summed E-state index contributed by atoms with van der Waals surface area (Å²) in [7, 11) is 1.61. The third-order valence-corrected chi connectivity index (χ3v) is 7.10. The van der Waals surface area contributed by atoms with Gasteiger partial charge in [-0.05, 0) is 55.1 Å². The van der Waals surface area contributed by atoms with Crippen molar-refractivity contribution in [2.75, 3.05) is 7.11 Å². The van der Waals surface area contributed by atoms with E-state index in [1.807, 2.05) is 18.2 Å². The number of rotatable bonds is 6. The van der Waals surface area contributed by atoms with Crippen LogP contribution < -0.4 is 15.6 Å². The summed E-state index contributed by atoms with van der Waals surface area (Å²) in [5, 5.41) is 4.06. The van der Waals surface area contributed by atoms with E-state index in [1.54, 1.807) is 7.11 Å². The van der Waals surface area contributed by atoms with Crippen molar-refractivity contribution in [3.8, 4) is 5.75 Å². The molecular formula is C23H30N4O3S. The molecule has 0 saturated heterocycles. The summed E-state index contributed by atoms with van der Waals surface area (Å²) in [6.07, 6.45) is 4.37. The summed E-state index contributed by atoms with van der Waals surface area (Å²) < 4.78 is 7.18. The Morgan fingerprint density at radius 1 is 1.26 bits per heavy atom. The maximum Gasteiger partial charge on any atom is 0.278 e. The summed E-state index contributed by atoms with van der Waals surface area (Å²) in [5.41, 5.74) is 1.82. The van der Waals surface area contributed by atoms with E-state index in [4.69, 9.17) is 17.0 Å². The fraction of sp³-hybridized carbons (Fsp3) is 0.522. The molecule has 2 heterocycles. The maximum absolute atomic E-state index is 13.1. The molecule has 1 aromatic carbocycles. The molecule has 1 fully saturated rings. The number of carbonyl (C=O) groups is 1. The number of ether oxygens (including phenoxy) is 1. The van der Waals surface area contributed by atoms with Crippen molar-refractivity contribution >= 4 is 40.1 Å². The van der Waals surface area contributed by atoms with E-state index in [9.17, 15) is 9.59 Å². The smallest absolute Gasteiger partial charge is 0.278 e. The van der Waals surface area contributed by atoms with Crippen LogP contribution in [0.4, 0.5) is 0 Å². The lowest BCUT2D eigenvalue weighted by Gasteiger charge is -2.34. The van der Waals surface area contributed by atoms with Gasteiger partial charge >= 0.3 is 0 Å². The molecule has 3 N–H and O–H groups in total. The lowest BCUT2D eigenvalue weighted by Crippen LogP contribution is -2.43. The molecule has 1 saturated carbocycles. The van der Waals surface area contributed by atoms with Crippen molar-refractivity contribution in [3.05, 3.63) is 33.3 Å². The van der Waals surface area contributed by atoms with Crippen LogP contribution in [0.15, 0.2) is 23.0 Å². The van der Waals surface area contributed by atoms with Crippen LogP contribution in [0.3, 0.4) is 0 Å². The van der Waals surface area contributed by atoms with Crippen molar-refractivity contribution in [3.63, 3.8) is 0 Å². The molecule has 0 bridgehead atoms. The second-order valence-corrected chi connectivity index (χ2v) is 9.11. The van der Waals surface area contributed by atoms with E-state index < -0.39 is 0 Å². The van der Waals surface area contributed by atoms with Crippen LogP contribution in [-0.4, -0.2) is 33.6 Å². The second kappa shape index (κ2) is 8.86. The minimum atomic E-state index is -0.177. The van der Waals surface area contributed by atoms with Gasteiger partial charge < -0.3 is 20.0 Å². The van der Waals surface area contributed by atoms with Crippen molar-refractivity contribution in [1.82, 2.24) is 19.9 Å². The van der Waals surface area contributed by atoms with Crippen molar-refractivity contribution < 1.29 is 9.53 Å². The number of amides is 1. The number of fused-ring (bicyclic) bond motifs is 3. The van der Waals surface area contributed by atoms with Crippen LogP contribution in [0, 0.1) is 16.6 Å². The summed E-state index contributed by atoms with van der Waals surface area (Å²) >= 11 is 5.46. The predicted octanol–water partition coefficient (Wildman–Crippen LogP) is 4.27. The average Bonchev–Trinajstić information content (AvgIpc) is 3.11. The Balaban J connectivity index is 1.47. The zero-order valence-corrected chi connectivity index (χ0v) is 19.1. The first-order valence-electron chi connectivity index (χ1n) is 11.0. The van der Waals surface area contributed by atoms with E-state index in [2.05, 4.69) is 29.1 Å². The Morgan fingerprint density at radius 3 is 2.84 bits per heavy atom. The number of aromatic amines is 2. The fourth-order valence-electron chi connectivity index (χ4n) is 4.66. The number of H-pyrrole nitrogens is 2. The first-order chi connectivity index (χ1) is 14.9. The lowest BCUT2D eigenvalue weighted by molar-refractivity contribution is -0.122. The summed E-state index contributed by atoms with van der Waals surface area (Å²) in [4.78, 5) is 31.9. The van der Waals surface area contributed by atoms with Crippen LogP contribution in [-0.2, 0) is 11.3 Å². The first kappa shape index (κ1) is 21.6. The van der Waals surface area contributed by atoms with Crippen molar-refractivity contribution in [1.29, 1.82) is 0 Å². The quantitative estimate of drug-likeness (QED) is 0.497. The standard InChI is InChI=1S/C23H30N4O3S/c1-13-6-4-7-17(14(13)2)24-19(28)8-5-11-27-22(29)21-20(26-23(27)31)16-12-15(30-3)9-10-18(16)25-21/h9-10,12-14,17,25H,4-8,11H2,1-3H3,(H,24,28)(H,26,31)/t13-,14-,17-/m1/s1. The second-order valence-electron chi connectivity index (χ2n) is 8.72. The van der Waals surface area contributed by atoms with E-state index >= 15 is 0 Å². The Bertz CT molecular complexity index is 1230. The van der Waals surface area contributed by atoms with Crippen LogP contribution >= 0.6 is 12.2 Å². The summed E-state index contributed by atoms with van der Waals surface area (Å²) in [6.45, 7) is 4.87. The number of benzene rings is 1. The average molecular weight is 443 g/mol. The van der Waals surface area contributed by atoms with E-state index in [1.165, 1.54) is 11.0 Å². The number of hydrogen-bond acceptors (Lipinski definition) is 4. The van der Waals surface area contributed by atoms with Gasteiger partial charge in [-0.15, -0.1) is 0 Å². The molecule has 0 radical (unpaired) electrons. The first-order valence-corrected chi connectivity index (χ1v) is 11.4. The number of hydrogen-bond donors (Lipinski definition) is 3. The number of methoxy groups -OCH3 is 1. The highest BCUT2D eigenvalue weighted by atomic mass is 32.1. The third-order valence-electron chi connectivity index (χ3n) is 6.78. The SMILES string of the molecule is COc1ccc2[nH]c3c(=O)n(CCCC(=O)N[C@@H]4CCC[C@@H](C)[C@H]4C)c(=S)[nH]c3c2c1. The van der Waals surface area contributed by atoms with Crippen LogP contribution in [0.5, 0.6) is 5.75 Å². The van der Waals surface area contributed by atoms with Gasteiger partial charge in [-0.25, -0.2) is 0 Å². The predicted molar refractivity (Wildman–Crippen MR) is 125 cm³/mol. The molecule has 1 aliphatic rings. The number of aromatic nitrogens is 3. The van der Waals surface area contributed by atoms with Crippen LogP contribution in [0.1, 0.15) is 46.0 Å². The molecule has 31 heavy (non-hydrogen) atoms. The van der Waals surface area contributed by atoms with Gasteiger partial charge in [0.25, 0.3) is 5.56 Å². The van der Waals surface area contributed by atoms with E-state index in [-0.39, 0.29) is 17.5 Å². The molecule has 1 aliphatic carbocycles. The highest BCUT2D eigenvalue weighted by Crippen LogP contribution is 2.29.